The normalized spacial score (nSPS) is 28.1. The molecule has 2 saturated heterocycles. The van der Waals surface area contributed by atoms with Crippen molar-refractivity contribution in [2.75, 3.05) is 52.4 Å². The molecule has 2 fully saturated rings. The third-order valence-corrected chi connectivity index (χ3v) is 3.46. The number of hydrogen-bond donors (Lipinski definition) is 2. The van der Waals surface area contributed by atoms with Crippen LogP contribution in [-0.4, -0.2) is 63.4 Å². The summed E-state index contributed by atoms with van der Waals surface area (Å²) in [5.41, 5.74) is 0. The molecule has 4 heteroatoms. The Bertz CT molecular complexity index is 157. The van der Waals surface area contributed by atoms with Crippen molar-refractivity contribution in [2.45, 2.75) is 25.4 Å². The average Bonchev–Trinajstić information content (AvgIpc) is 2.37. The molecule has 1 atom stereocenters. The van der Waals surface area contributed by atoms with Gasteiger partial charge in [0.05, 0.1) is 6.10 Å². The van der Waals surface area contributed by atoms with Crippen molar-refractivity contribution in [1.29, 1.82) is 0 Å². The highest BCUT2D eigenvalue weighted by atomic mass is 16.5. The predicted octanol–water partition coefficient (Wildman–Crippen LogP) is 0.0503. The van der Waals surface area contributed by atoms with Crippen molar-refractivity contribution in [3.63, 3.8) is 0 Å². The van der Waals surface area contributed by atoms with Crippen LogP contribution in [0.4, 0.5) is 0 Å². The predicted molar refractivity (Wildman–Crippen MR) is 65.8 cm³/mol. The van der Waals surface area contributed by atoms with Crippen molar-refractivity contribution in [3.05, 3.63) is 0 Å². The first kappa shape index (κ1) is 12.3. The maximum atomic E-state index is 5.68. The summed E-state index contributed by atoms with van der Waals surface area (Å²) in [6.45, 7) is 8.95. The van der Waals surface area contributed by atoms with Crippen LogP contribution < -0.4 is 10.6 Å². The molecule has 0 aliphatic carbocycles. The molecule has 2 rings (SSSR count). The zero-order chi connectivity index (χ0) is 11.1. The molecule has 2 heterocycles. The van der Waals surface area contributed by atoms with Crippen LogP contribution in [-0.2, 0) is 4.74 Å². The van der Waals surface area contributed by atoms with Crippen LogP contribution in [0, 0.1) is 0 Å². The zero-order valence-electron chi connectivity index (χ0n) is 10.2. The Morgan fingerprint density at radius 1 is 1.25 bits per heavy atom. The second kappa shape index (κ2) is 7.22. The number of ether oxygens (including phenoxy) is 1. The lowest BCUT2D eigenvalue weighted by molar-refractivity contribution is 0.0167. The molecular weight excluding hydrogens is 202 g/mol. The third kappa shape index (κ3) is 4.37. The Kier molecular flexibility index (Phi) is 5.55. The van der Waals surface area contributed by atoms with E-state index in [0.717, 1.165) is 32.8 Å². The molecule has 0 bridgehead atoms. The van der Waals surface area contributed by atoms with Crippen LogP contribution in [0.15, 0.2) is 0 Å². The number of piperazine rings is 1. The summed E-state index contributed by atoms with van der Waals surface area (Å²) in [7, 11) is 0. The monoisotopic (exact) mass is 227 g/mol. The largest absolute Gasteiger partial charge is 0.377 e. The van der Waals surface area contributed by atoms with Crippen LogP contribution in [0.2, 0.25) is 0 Å². The topological polar surface area (TPSA) is 36.5 Å². The molecule has 0 aromatic heterocycles. The van der Waals surface area contributed by atoms with E-state index in [4.69, 9.17) is 4.74 Å². The molecule has 2 aliphatic rings. The van der Waals surface area contributed by atoms with Crippen molar-refractivity contribution in [2.24, 2.45) is 0 Å². The molecule has 0 radical (unpaired) electrons. The molecule has 0 aromatic rings. The van der Waals surface area contributed by atoms with Gasteiger partial charge in [-0.3, -0.25) is 4.90 Å². The van der Waals surface area contributed by atoms with Crippen molar-refractivity contribution >= 4 is 0 Å². The molecule has 94 valence electrons. The van der Waals surface area contributed by atoms with Crippen molar-refractivity contribution in [1.82, 2.24) is 15.5 Å². The van der Waals surface area contributed by atoms with E-state index in [1.807, 2.05) is 0 Å². The summed E-state index contributed by atoms with van der Waals surface area (Å²) in [6, 6.07) is 0. The van der Waals surface area contributed by atoms with Crippen LogP contribution >= 0.6 is 0 Å². The fourth-order valence-corrected chi connectivity index (χ4v) is 2.40. The molecule has 2 N–H and O–H groups in total. The maximum absolute atomic E-state index is 5.68. The lowest BCUT2D eigenvalue weighted by Crippen LogP contribution is -2.46. The molecule has 16 heavy (non-hydrogen) atoms. The van der Waals surface area contributed by atoms with E-state index in [1.54, 1.807) is 0 Å². The van der Waals surface area contributed by atoms with Gasteiger partial charge in [0.1, 0.15) is 0 Å². The number of rotatable bonds is 5. The minimum atomic E-state index is 0.469. The Hall–Kier alpha value is -0.160. The first-order valence-corrected chi connectivity index (χ1v) is 6.70. The van der Waals surface area contributed by atoms with E-state index in [0.29, 0.717) is 6.10 Å². The van der Waals surface area contributed by atoms with Gasteiger partial charge < -0.3 is 15.4 Å². The summed E-state index contributed by atoms with van der Waals surface area (Å²) in [6.07, 6.45) is 4.29. The first-order chi connectivity index (χ1) is 7.95. The van der Waals surface area contributed by atoms with Gasteiger partial charge in [0.25, 0.3) is 0 Å². The molecular formula is C12H25N3O. The molecule has 0 amide bonds. The first-order valence-electron chi connectivity index (χ1n) is 6.70. The van der Waals surface area contributed by atoms with Gasteiger partial charge in [-0.2, -0.15) is 0 Å². The second-order valence-corrected chi connectivity index (χ2v) is 4.78. The van der Waals surface area contributed by atoms with Gasteiger partial charge >= 0.3 is 0 Å². The molecule has 0 spiro atoms. The van der Waals surface area contributed by atoms with Gasteiger partial charge in [-0.25, -0.2) is 0 Å². The van der Waals surface area contributed by atoms with Gasteiger partial charge in [-0.15, -0.1) is 0 Å². The summed E-state index contributed by atoms with van der Waals surface area (Å²) in [5, 5.41) is 6.89. The van der Waals surface area contributed by atoms with Gasteiger partial charge in [0.15, 0.2) is 0 Å². The smallest absolute Gasteiger partial charge is 0.0699 e. The molecule has 0 saturated carbocycles. The summed E-state index contributed by atoms with van der Waals surface area (Å²) >= 11 is 0. The maximum Gasteiger partial charge on any atom is 0.0699 e. The van der Waals surface area contributed by atoms with Crippen LogP contribution in [0.1, 0.15) is 19.3 Å². The number of hydrogen-bond acceptors (Lipinski definition) is 4. The summed E-state index contributed by atoms with van der Waals surface area (Å²) in [5.74, 6) is 0. The Morgan fingerprint density at radius 2 is 2.12 bits per heavy atom. The SMILES string of the molecule is C1CCC(CNCCN2CCNCC2)OC1. The van der Waals surface area contributed by atoms with Gasteiger partial charge in [0.2, 0.25) is 0 Å². The van der Waals surface area contributed by atoms with Crippen molar-refractivity contribution in [3.8, 4) is 0 Å². The highest BCUT2D eigenvalue weighted by Gasteiger charge is 2.13. The van der Waals surface area contributed by atoms with Gasteiger partial charge in [0, 0.05) is 52.4 Å². The van der Waals surface area contributed by atoms with Crippen molar-refractivity contribution < 1.29 is 4.74 Å². The zero-order valence-corrected chi connectivity index (χ0v) is 10.2. The van der Waals surface area contributed by atoms with E-state index in [2.05, 4.69) is 15.5 Å². The summed E-state index contributed by atoms with van der Waals surface area (Å²) < 4.78 is 5.68. The highest BCUT2D eigenvalue weighted by molar-refractivity contribution is 4.70. The van der Waals surface area contributed by atoms with E-state index < -0.39 is 0 Å². The molecule has 1 unspecified atom stereocenters. The fraction of sp³-hybridized carbons (Fsp3) is 1.00. The average molecular weight is 227 g/mol. The standard InChI is InChI=1S/C12H25N3O/c1-2-10-16-12(3-1)11-14-6-9-15-7-4-13-5-8-15/h12-14H,1-11H2. The second-order valence-electron chi connectivity index (χ2n) is 4.78. The lowest BCUT2D eigenvalue weighted by Gasteiger charge is -2.28. The van der Waals surface area contributed by atoms with E-state index in [1.165, 1.54) is 38.9 Å². The summed E-state index contributed by atoms with van der Waals surface area (Å²) in [4.78, 5) is 2.52. The minimum Gasteiger partial charge on any atom is -0.377 e. The quantitative estimate of drug-likeness (QED) is 0.651. The Balaban J connectivity index is 1.47. The molecule has 2 aliphatic heterocycles. The Morgan fingerprint density at radius 3 is 2.88 bits per heavy atom. The van der Waals surface area contributed by atoms with Crippen LogP contribution in [0.5, 0.6) is 0 Å². The number of nitrogens with one attached hydrogen (secondary N) is 2. The van der Waals surface area contributed by atoms with E-state index >= 15 is 0 Å². The third-order valence-electron chi connectivity index (χ3n) is 3.46. The lowest BCUT2D eigenvalue weighted by atomic mass is 10.1. The molecule has 0 aromatic carbocycles. The fourth-order valence-electron chi connectivity index (χ4n) is 2.40. The highest BCUT2D eigenvalue weighted by Crippen LogP contribution is 2.11. The van der Waals surface area contributed by atoms with E-state index in [-0.39, 0.29) is 0 Å². The Labute approximate surface area is 98.7 Å². The van der Waals surface area contributed by atoms with Crippen LogP contribution in [0.3, 0.4) is 0 Å². The van der Waals surface area contributed by atoms with Gasteiger partial charge in [-0.05, 0) is 19.3 Å². The van der Waals surface area contributed by atoms with E-state index in [9.17, 15) is 0 Å². The minimum absolute atomic E-state index is 0.469. The van der Waals surface area contributed by atoms with Crippen LogP contribution in [0.25, 0.3) is 0 Å². The number of nitrogens with zero attached hydrogens (tertiary/aromatic N) is 1. The molecule has 4 nitrogen and oxygen atoms in total. The van der Waals surface area contributed by atoms with Gasteiger partial charge in [-0.1, -0.05) is 0 Å².